The van der Waals surface area contributed by atoms with Crippen LogP contribution in [0, 0.1) is 0 Å². The maximum atomic E-state index is 11.2. The average molecular weight is 314 g/mol. The van der Waals surface area contributed by atoms with Crippen LogP contribution in [0.2, 0.25) is 0 Å². The summed E-state index contributed by atoms with van der Waals surface area (Å²) in [6, 6.07) is 17.5. The van der Waals surface area contributed by atoms with E-state index in [0.717, 1.165) is 0 Å². The predicted molar refractivity (Wildman–Crippen MR) is 89.6 cm³/mol. The van der Waals surface area contributed by atoms with Gasteiger partial charge < -0.3 is 15.2 Å². The van der Waals surface area contributed by atoms with Gasteiger partial charge >= 0.3 is 0 Å². The number of ether oxygens (including phenoxy) is 1. The quantitative estimate of drug-likeness (QED) is 0.732. The molecule has 2 aromatic carbocycles. The molecule has 0 fully saturated rings. The Labute approximate surface area is 137 Å². The van der Waals surface area contributed by atoms with Gasteiger partial charge in [0.1, 0.15) is 31.0 Å². The topological polar surface area (TPSA) is 63.1 Å². The molecule has 0 amide bonds. The lowest BCUT2D eigenvalue weighted by atomic mass is 10.1. The molecule has 4 heteroatoms. The van der Waals surface area contributed by atoms with Crippen molar-refractivity contribution in [2.24, 2.45) is 0 Å². The van der Waals surface area contributed by atoms with Crippen molar-refractivity contribution in [3.8, 4) is 5.75 Å². The van der Waals surface area contributed by atoms with Crippen molar-refractivity contribution in [2.75, 3.05) is 13.2 Å². The van der Waals surface area contributed by atoms with Crippen molar-refractivity contribution in [3.63, 3.8) is 0 Å². The number of hydrogen-bond acceptors (Lipinski definition) is 3. The SMILES string of the molecule is CC(=O)c1ccc(OC[C@@H](O)C[NH2+][C@H](C)c2ccccc2)cc1. The van der Waals surface area contributed by atoms with Gasteiger partial charge in [0, 0.05) is 11.1 Å². The standard InChI is InChI=1S/C19H23NO3/c1-14(16-6-4-3-5-7-16)20-12-18(22)13-23-19-10-8-17(9-11-19)15(2)21/h3-11,14,18,20,22H,12-13H2,1-2H3/p+1/t14-,18+/m1/s1. The normalized spacial score (nSPS) is 13.3. The van der Waals surface area contributed by atoms with Crippen LogP contribution in [0.5, 0.6) is 5.75 Å². The molecule has 2 rings (SSSR count). The molecule has 0 spiro atoms. The number of aliphatic hydroxyl groups excluding tert-OH is 1. The van der Waals surface area contributed by atoms with E-state index in [1.165, 1.54) is 12.5 Å². The van der Waals surface area contributed by atoms with Crippen LogP contribution >= 0.6 is 0 Å². The Kier molecular flexibility index (Phi) is 6.32. The smallest absolute Gasteiger partial charge is 0.159 e. The molecular weight excluding hydrogens is 290 g/mol. The van der Waals surface area contributed by atoms with E-state index >= 15 is 0 Å². The Hall–Kier alpha value is -2.17. The molecule has 0 saturated carbocycles. The summed E-state index contributed by atoms with van der Waals surface area (Å²) in [5.41, 5.74) is 1.89. The second-order valence-corrected chi connectivity index (χ2v) is 5.72. The minimum absolute atomic E-state index is 0.0288. The Bertz CT molecular complexity index is 610. The number of nitrogens with two attached hydrogens (primary N) is 1. The molecule has 0 aromatic heterocycles. The monoisotopic (exact) mass is 314 g/mol. The van der Waals surface area contributed by atoms with Gasteiger partial charge in [0.25, 0.3) is 0 Å². The fourth-order valence-electron chi connectivity index (χ4n) is 2.30. The molecule has 2 atom stereocenters. The highest BCUT2D eigenvalue weighted by molar-refractivity contribution is 5.94. The zero-order valence-corrected chi connectivity index (χ0v) is 13.6. The molecule has 122 valence electrons. The van der Waals surface area contributed by atoms with E-state index in [4.69, 9.17) is 4.74 Å². The third-order valence-electron chi connectivity index (χ3n) is 3.79. The van der Waals surface area contributed by atoms with Crippen molar-refractivity contribution in [3.05, 3.63) is 65.7 Å². The van der Waals surface area contributed by atoms with E-state index < -0.39 is 6.10 Å². The molecule has 0 aliphatic rings. The first kappa shape index (κ1) is 17.2. The molecule has 0 heterocycles. The number of Topliss-reactive ketones (excluding diaryl/α,β-unsaturated/α-hetero) is 1. The van der Waals surface area contributed by atoms with Gasteiger partial charge in [-0.05, 0) is 38.1 Å². The molecule has 0 bridgehead atoms. The summed E-state index contributed by atoms with van der Waals surface area (Å²) in [4.78, 5) is 11.2. The Morgan fingerprint density at radius 2 is 1.78 bits per heavy atom. The summed E-state index contributed by atoms with van der Waals surface area (Å²) >= 11 is 0. The largest absolute Gasteiger partial charge is 0.491 e. The summed E-state index contributed by atoms with van der Waals surface area (Å²) in [5, 5.41) is 12.1. The first-order chi connectivity index (χ1) is 11.1. The van der Waals surface area contributed by atoms with Gasteiger partial charge in [-0.15, -0.1) is 0 Å². The van der Waals surface area contributed by atoms with Crippen LogP contribution in [-0.2, 0) is 0 Å². The maximum Gasteiger partial charge on any atom is 0.159 e. The average Bonchev–Trinajstić information content (AvgIpc) is 2.59. The first-order valence-electron chi connectivity index (χ1n) is 7.86. The summed E-state index contributed by atoms with van der Waals surface area (Å²) < 4.78 is 5.56. The molecule has 0 unspecified atom stereocenters. The molecule has 0 radical (unpaired) electrons. The number of aliphatic hydroxyl groups is 1. The zero-order valence-electron chi connectivity index (χ0n) is 13.6. The third kappa shape index (κ3) is 5.51. The number of hydrogen-bond donors (Lipinski definition) is 2. The van der Waals surface area contributed by atoms with Gasteiger partial charge in [0.2, 0.25) is 0 Å². The van der Waals surface area contributed by atoms with Crippen LogP contribution in [0.25, 0.3) is 0 Å². The number of carbonyl (C=O) groups excluding carboxylic acids is 1. The fourth-order valence-corrected chi connectivity index (χ4v) is 2.30. The minimum atomic E-state index is -0.548. The molecular formula is C19H24NO3+. The zero-order chi connectivity index (χ0) is 16.7. The van der Waals surface area contributed by atoms with Crippen LogP contribution in [0.4, 0.5) is 0 Å². The summed E-state index contributed by atoms with van der Waals surface area (Å²) in [6.45, 7) is 4.45. The summed E-state index contributed by atoms with van der Waals surface area (Å²) in [5.74, 6) is 0.686. The van der Waals surface area contributed by atoms with E-state index in [1.807, 2.05) is 18.2 Å². The Morgan fingerprint density at radius 3 is 2.39 bits per heavy atom. The maximum absolute atomic E-state index is 11.2. The number of ketones is 1. The summed E-state index contributed by atoms with van der Waals surface area (Å²) in [7, 11) is 0. The molecule has 4 nitrogen and oxygen atoms in total. The van der Waals surface area contributed by atoms with Gasteiger partial charge in [0.15, 0.2) is 5.78 Å². The highest BCUT2D eigenvalue weighted by Crippen LogP contribution is 2.12. The number of benzene rings is 2. The first-order valence-corrected chi connectivity index (χ1v) is 7.86. The van der Waals surface area contributed by atoms with Gasteiger partial charge in [-0.2, -0.15) is 0 Å². The van der Waals surface area contributed by atoms with Crippen molar-refractivity contribution in [2.45, 2.75) is 26.0 Å². The molecule has 3 N–H and O–H groups in total. The van der Waals surface area contributed by atoms with Gasteiger partial charge in [-0.25, -0.2) is 0 Å². The number of carbonyl (C=O) groups is 1. The second-order valence-electron chi connectivity index (χ2n) is 5.72. The fraction of sp³-hybridized carbons (Fsp3) is 0.316. The molecule has 0 saturated heterocycles. The number of rotatable bonds is 8. The lowest BCUT2D eigenvalue weighted by Crippen LogP contribution is -2.87. The van der Waals surface area contributed by atoms with E-state index in [0.29, 0.717) is 23.9 Å². The summed E-state index contributed by atoms with van der Waals surface area (Å²) in [6.07, 6.45) is -0.548. The van der Waals surface area contributed by atoms with Crippen LogP contribution in [-0.4, -0.2) is 30.1 Å². The predicted octanol–water partition coefficient (Wildman–Crippen LogP) is 1.95. The van der Waals surface area contributed by atoms with E-state index in [9.17, 15) is 9.90 Å². The highest BCUT2D eigenvalue weighted by Gasteiger charge is 2.12. The highest BCUT2D eigenvalue weighted by atomic mass is 16.5. The van der Waals surface area contributed by atoms with Crippen LogP contribution in [0.3, 0.4) is 0 Å². The van der Waals surface area contributed by atoms with E-state index in [-0.39, 0.29) is 12.4 Å². The van der Waals surface area contributed by atoms with Crippen molar-refractivity contribution >= 4 is 5.78 Å². The molecule has 0 aliphatic heterocycles. The Morgan fingerprint density at radius 1 is 1.13 bits per heavy atom. The van der Waals surface area contributed by atoms with Gasteiger partial charge in [-0.1, -0.05) is 30.3 Å². The van der Waals surface area contributed by atoms with Crippen LogP contribution in [0.1, 0.15) is 35.8 Å². The van der Waals surface area contributed by atoms with E-state index in [2.05, 4.69) is 24.4 Å². The van der Waals surface area contributed by atoms with Gasteiger partial charge in [0.05, 0.1) is 0 Å². The minimum Gasteiger partial charge on any atom is -0.491 e. The molecule has 2 aromatic rings. The van der Waals surface area contributed by atoms with Crippen LogP contribution < -0.4 is 10.1 Å². The van der Waals surface area contributed by atoms with Gasteiger partial charge in [-0.3, -0.25) is 4.79 Å². The third-order valence-corrected chi connectivity index (χ3v) is 3.79. The molecule has 0 aliphatic carbocycles. The van der Waals surface area contributed by atoms with Crippen molar-refractivity contribution < 1.29 is 20.0 Å². The number of quaternary nitrogens is 1. The van der Waals surface area contributed by atoms with Crippen molar-refractivity contribution in [1.82, 2.24) is 0 Å². The lowest BCUT2D eigenvalue weighted by Gasteiger charge is -2.15. The Balaban J connectivity index is 1.74. The van der Waals surface area contributed by atoms with E-state index in [1.54, 1.807) is 24.3 Å². The molecule has 23 heavy (non-hydrogen) atoms. The second kappa shape index (κ2) is 8.46. The van der Waals surface area contributed by atoms with Crippen molar-refractivity contribution in [1.29, 1.82) is 0 Å². The lowest BCUT2D eigenvalue weighted by molar-refractivity contribution is -0.698. The van der Waals surface area contributed by atoms with Crippen LogP contribution in [0.15, 0.2) is 54.6 Å².